The van der Waals surface area contributed by atoms with Gasteiger partial charge in [0, 0.05) is 48.6 Å². The van der Waals surface area contributed by atoms with Crippen LogP contribution in [0.15, 0.2) is 73.1 Å². The molecule has 0 saturated carbocycles. The summed E-state index contributed by atoms with van der Waals surface area (Å²) in [7, 11) is 0. The maximum atomic E-state index is 5.80. The van der Waals surface area contributed by atoms with E-state index in [2.05, 4.69) is 82.6 Å². The van der Waals surface area contributed by atoms with E-state index >= 15 is 0 Å². The van der Waals surface area contributed by atoms with Gasteiger partial charge in [0.2, 0.25) is 0 Å². The number of hydrogen-bond donors (Lipinski definition) is 2. The molecule has 5 heteroatoms. The number of H-pyrrole nitrogens is 1. The zero-order chi connectivity index (χ0) is 21.6. The number of aromatic amines is 1. The number of thiocarbonyl (C=S) groups is 1. The monoisotopic (exact) mass is 428 g/mol. The lowest BCUT2D eigenvalue weighted by Crippen LogP contribution is -2.40. The summed E-state index contributed by atoms with van der Waals surface area (Å²) in [5, 5.41) is 5.51. The summed E-state index contributed by atoms with van der Waals surface area (Å²) in [6.07, 6.45) is 4.63. The zero-order valence-corrected chi connectivity index (χ0v) is 18.9. The second-order valence-corrected chi connectivity index (χ2v) is 8.34. The quantitative estimate of drug-likeness (QED) is 0.392. The molecule has 4 aromatic rings. The van der Waals surface area contributed by atoms with Crippen molar-refractivity contribution in [1.29, 1.82) is 0 Å². The van der Waals surface area contributed by atoms with Crippen LogP contribution in [0.1, 0.15) is 27.9 Å². The summed E-state index contributed by atoms with van der Waals surface area (Å²) < 4.78 is 0. The SMILES string of the molecule is Cc1ccc2[nH]c(C)c(CCN(Cc3cccnc3)C(=S)NCc3ccccc3)c2c1. The van der Waals surface area contributed by atoms with E-state index < -0.39 is 0 Å². The van der Waals surface area contributed by atoms with E-state index in [1.165, 1.54) is 33.3 Å². The first-order valence-corrected chi connectivity index (χ1v) is 11.0. The lowest BCUT2D eigenvalue weighted by atomic mass is 10.1. The Morgan fingerprint density at radius 1 is 1.03 bits per heavy atom. The van der Waals surface area contributed by atoms with Crippen LogP contribution in [0.4, 0.5) is 0 Å². The van der Waals surface area contributed by atoms with E-state index in [0.717, 1.165) is 30.2 Å². The third-order valence-electron chi connectivity index (χ3n) is 5.58. The number of rotatable bonds is 7. The molecule has 0 aliphatic heterocycles. The van der Waals surface area contributed by atoms with Crippen molar-refractivity contribution in [3.8, 4) is 0 Å². The van der Waals surface area contributed by atoms with Crippen molar-refractivity contribution in [2.45, 2.75) is 33.4 Å². The van der Waals surface area contributed by atoms with Crippen LogP contribution < -0.4 is 5.32 Å². The van der Waals surface area contributed by atoms with Gasteiger partial charge < -0.3 is 15.2 Å². The lowest BCUT2D eigenvalue weighted by molar-refractivity contribution is 0.408. The molecule has 0 aliphatic rings. The highest BCUT2D eigenvalue weighted by atomic mass is 32.1. The Bertz CT molecular complexity index is 1150. The fourth-order valence-corrected chi connectivity index (χ4v) is 4.14. The molecule has 2 heterocycles. The second kappa shape index (κ2) is 9.75. The molecule has 0 spiro atoms. The van der Waals surface area contributed by atoms with Gasteiger partial charge in [-0.05, 0) is 67.4 Å². The van der Waals surface area contributed by atoms with E-state index in [1.807, 2.05) is 18.3 Å². The van der Waals surface area contributed by atoms with Crippen molar-refractivity contribution in [1.82, 2.24) is 20.2 Å². The molecule has 0 bridgehead atoms. The maximum Gasteiger partial charge on any atom is 0.169 e. The molecule has 158 valence electrons. The van der Waals surface area contributed by atoms with Crippen LogP contribution in [0.5, 0.6) is 0 Å². The first kappa shape index (κ1) is 21.1. The molecule has 0 atom stereocenters. The molecule has 0 saturated heterocycles. The van der Waals surface area contributed by atoms with Crippen molar-refractivity contribution in [2.24, 2.45) is 0 Å². The van der Waals surface area contributed by atoms with Gasteiger partial charge in [-0.1, -0.05) is 48.0 Å². The molecule has 31 heavy (non-hydrogen) atoms. The second-order valence-electron chi connectivity index (χ2n) is 7.95. The van der Waals surface area contributed by atoms with Crippen molar-refractivity contribution >= 4 is 28.2 Å². The Morgan fingerprint density at radius 2 is 1.84 bits per heavy atom. The first-order valence-electron chi connectivity index (χ1n) is 10.6. The maximum absolute atomic E-state index is 5.80. The largest absolute Gasteiger partial charge is 0.358 e. The summed E-state index contributed by atoms with van der Waals surface area (Å²) in [4.78, 5) is 10.0. The number of pyridine rings is 1. The molecule has 2 N–H and O–H groups in total. The van der Waals surface area contributed by atoms with E-state index in [1.54, 1.807) is 6.20 Å². The summed E-state index contributed by atoms with van der Waals surface area (Å²) in [6, 6.07) is 21.0. The zero-order valence-electron chi connectivity index (χ0n) is 18.1. The molecular formula is C26H28N4S. The van der Waals surface area contributed by atoms with Crippen molar-refractivity contribution in [3.63, 3.8) is 0 Å². The summed E-state index contributed by atoms with van der Waals surface area (Å²) in [5.74, 6) is 0. The summed E-state index contributed by atoms with van der Waals surface area (Å²) >= 11 is 5.80. The molecular weight excluding hydrogens is 400 g/mol. The molecule has 0 amide bonds. The third kappa shape index (κ3) is 5.30. The van der Waals surface area contributed by atoms with Gasteiger partial charge in [0.05, 0.1) is 0 Å². The van der Waals surface area contributed by atoms with E-state index in [4.69, 9.17) is 12.2 Å². The van der Waals surface area contributed by atoms with Gasteiger partial charge in [-0.15, -0.1) is 0 Å². The standard InChI is InChI=1S/C26H28N4S/c1-19-10-11-25-24(15-19)23(20(2)29-25)12-14-30(18-22-9-6-13-27-16-22)26(31)28-17-21-7-4-3-5-8-21/h3-11,13,15-16,29H,12,14,17-18H2,1-2H3,(H,28,31). The number of nitrogens with zero attached hydrogens (tertiary/aromatic N) is 2. The molecule has 4 rings (SSSR count). The Morgan fingerprint density at radius 3 is 2.61 bits per heavy atom. The normalized spacial score (nSPS) is 10.9. The van der Waals surface area contributed by atoms with Crippen molar-refractivity contribution < 1.29 is 0 Å². The Labute approximate surface area is 189 Å². The predicted octanol–water partition coefficient (Wildman–Crippen LogP) is 5.30. The molecule has 0 radical (unpaired) electrons. The molecule has 0 unspecified atom stereocenters. The number of nitrogens with one attached hydrogen (secondary N) is 2. The van der Waals surface area contributed by atoms with Crippen LogP contribution in [-0.4, -0.2) is 26.5 Å². The fourth-order valence-electron chi connectivity index (χ4n) is 3.91. The van der Waals surface area contributed by atoms with E-state index in [-0.39, 0.29) is 0 Å². The Balaban J connectivity index is 1.51. The third-order valence-corrected chi connectivity index (χ3v) is 5.98. The minimum absolute atomic E-state index is 0.717. The average Bonchev–Trinajstić information content (AvgIpc) is 3.10. The predicted molar refractivity (Wildman–Crippen MR) is 132 cm³/mol. The van der Waals surface area contributed by atoms with Gasteiger partial charge in [-0.3, -0.25) is 4.98 Å². The summed E-state index contributed by atoms with van der Waals surface area (Å²) in [5.41, 5.74) is 7.43. The Kier molecular flexibility index (Phi) is 6.63. The van der Waals surface area contributed by atoms with Crippen LogP contribution >= 0.6 is 12.2 Å². The topological polar surface area (TPSA) is 44.0 Å². The van der Waals surface area contributed by atoms with Crippen LogP contribution in [0.3, 0.4) is 0 Å². The number of aryl methyl sites for hydroxylation is 2. The van der Waals surface area contributed by atoms with Gasteiger partial charge >= 0.3 is 0 Å². The van der Waals surface area contributed by atoms with Gasteiger partial charge in [-0.2, -0.15) is 0 Å². The summed E-state index contributed by atoms with van der Waals surface area (Å²) in [6.45, 7) is 6.58. The molecule has 0 fully saturated rings. The fraction of sp³-hybridized carbons (Fsp3) is 0.231. The van der Waals surface area contributed by atoms with Gasteiger partial charge in [0.1, 0.15) is 0 Å². The smallest absolute Gasteiger partial charge is 0.169 e. The van der Waals surface area contributed by atoms with E-state index in [9.17, 15) is 0 Å². The van der Waals surface area contributed by atoms with Crippen LogP contribution in [0.25, 0.3) is 10.9 Å². The van der Waals surface area contributed by atoms with Gasteiger partial charge in [-0.25, -0.2) is 0 Å². The molecule has 0 aliphatic carbocycles. The average molecular weight is 429 g/mol. The van der Waals surface area contributed by atoms with Crippen molar-refractivity contribution in [2.75, 3.05) is 6.54 Å². The highest BCUT2D eigenvalue weighted by molar-refractivity contribution is 7.80. The first-order chi connectivity index (χ1) is 15.1. The van der Waals surface area contributed by atoms with Crippen LogP contribution in [-0.2, 0) is 19.5 Å². The highest BCUT2D eigenvalue weighted by Crippen LogP contribution is 2.24. The molecule has 2 aromatic carbocycles. The number of aromatic nitrogens is 2. The molecule has 4 nitrogen and oxygen atoms in total. The number of hydrogen-bond acceptors (Lipinski definition) is 2. The van der Waals surface area contributed by atoms with Gasteiger partial charge in [0.15, 0.2) is 5.11 Å². The Hall–Kier alpha value is -3.18. The molecule has 2 aromatic heterocycles. The van der Waals surface area contributed by atoms with Crippen LogP contribution in [0.2, 0.25) is 0 Å². The number of benzene rings is 2. The van der Waals surface area contributed by atoms with Crippen molar-refractivity contribution in [3.05, 3.63) is 101 Å². The minimum Gasteiger partial charge on any atom is -0.358 e. The van der Waals surface area contributed by atoms with E-state index in [0.29, 0.717) is 6.54 Å². The van der Waals surface area contributed by atoms with Crippen LogP contribution in [0, 0.1) is 13.8 Å². The highest BCUT2D eigenvalue weighted by Gasteiger charge is 2.14. The van der Waals surface area contributed by atoms with Gasteiger partial charge in [0.25, 0.3) is 0 Å². The lowest BCUT2D eigenvalue weighted by Gasteiger charge is -2.26. The minimum atomic E-state index is 0.717. The number of fused-ring (bicyclic) bond motifs is 1.